The highest BCUT2D eigenvalue weighted by Crippen LogP contribution is 2.20. The summed E-state index contributed by atoms with van der Waals surface area (Å²) >= 11 is 1.22. The molecule has 1 amide bonds. The lowest BCUT2D eigenvalue weighted by molar-refractivity contribution is -0.895. The summed E-state index contributed by atoms with van der Waals surface area (Å²) in [6.45, 7) is 2.37. The lowest BCUT2D eigenvalue weighted by Crippen LogP contribution is -3.15. The van der Waals surface area contributed by atoms with E-state index in [0.717, 1.165) is 4.90 Å². The van der Waals surface area contributed by atoms with Gasteiger partial charge in [0.25, 0.3) is 15.9 Å². The molecule has 3 N–H and O–H groups in total. The van der Waals surface area contributed by atoms with Crippen molar-refractivity contribution in [3.8, 4) is 0 Å². The minimum atomic E-state index is -3.35. The van der Waals surface area contributed by atoms with E-state index in [1.165, 1.54) is 15.6 Å². The highest BCUT2D eigenvalue weighted by atomic mass is 32.2. The average Bonchev–Trinajstić information content (AvgIpc) is 2.83. The van der Waals surface area contributed by atoms with E-state index < -0.39 is 10.0 Å². The summed E-state index contributed by atoms with van der Waals surface area (Å²) in [6.07, 6.45) is 0. The maximum absolute atomic E-state index is 12.2. The number of sulfonamides is 1. The van der Waals surface area contributed by atoms with E-state index in [9.17, 15) is 13.2 Å². The van der Waals surface area contributed by atoms with Gasteiger partial charge in [-0.2, -0.15) is 4.31 Å². The van der Waals surface area contributed by atoms with Crippen LogP contribution in [0.15, 0.2) is 21.7 Å². The Bertz CT molecular complexity index is 504. The fourth-order valence-corrected chi connectivity index (χ4v) is 4.59. The number of thiophene rings is 1. The van der Waals surface area contributed by atoms with Crippen LogP contribution in [0, 0.1) is 0 Å². The first-order valence-electron chi connectivity index (χ1n) is 5.65. The van der Waals surface area contributed by atoms with E-state index in [2.05, 4.69) is 0 Å². The minimum absolute atomic E-state index is 0.271. The summed E-state index contributed by atoms with van der Waals surface area (Å²) in [5, 5.41) is 1.75. The first-order valence-corrected chi connectivity index (χ1v) is 7.97. The molecule has 0 saturated carbocycles. The van der Waals surface area contributed by atoms with Crippen LogP contribution in [0.1, 0.15) is 0 Å². The van der Waals surface area contributed by atoms with E-state index in [4.69, 9.17) is 5.73 Å². The highest BCUT2D eigenvalue weighted by molar-refractivity contribution is 7.91. The summed E-state index contributed by atoms with van der Waals surface area (Å²) in [5.74, 6) is -0.348. The van der Waals surface area contributed by atoms with Gasteiger partial charge in [-0.15, -0.1) is 11.3 Å². The third kappa shape index (κ3) is 2.89. The topological polar surface area (TPSA) is 84.9 Å². The Kier molecular flexibility index (Phi) is 4.00. The Morgan fingerprint density at radius 2 is 2.11 bits per heavy atom. The molecule has 0 bridgehead atoms. The lowest BCUT2D eigenvalue weighted by atomic mass is 10.3. The van der Waals surface area contributed by atoms with E-state index >= 15 is 0 Å². The normalized spacial score (nSPS) is 18.9. The molecule has 2 rings (SSSR count). The molecule has 0 unspecified atom stereocenters. The Labute approximate surface area is 110 Å². The first kappa shape index (κ1) is 13.5. The number of amides is 1. The molecule has 8 heteroatoms. The van der Waals surface area contributed by atoms with Crippen molar-refractivity contribution in [1.82, 2.24) is 4.31 Å². The van der Waals surface area contributed by atoms with Crippen LogP contribution >= 0.6 is 11.3 Å². The van der Waals surface area contributed by atoms with Crippen LogP contribution in [0.3, 0.4) is 0 Å². The molecule has 0 aliphatic carbocycles. The minimum Gasteiger partial charge on any atom is -0.365 e. The third-order valence-electron chi connectivity index (χ3n) is 2.94. The van der Waals surface area contributed by atoms with Crippen LogP contribution in [0.2, 0.25) is 0 Å². The van der Waals surface area contributed by atoms with Crippen molar-refractivity contribution in [3.05, 3.63) is 17.5 Å². The molecule has 6 nitrogen and oxygen atoms in total. The second kappa shape index (κ2) is 5.35. The summed E-state index contributed by atoms with van der Waals surface area (Å²) in [6, 6.07) is 3.34. The van der Waals surface area contributed by atoms with Crippen LogP contribution in [0.5, 0.6) is 0 Å². The smallest absolute Gasteiger partial charge is 0.272 e. The number of hydrogen-bond donors (Lipinski definition) is 2. The number of piperazine rings is 1. The molecule has 2 heterocycles. The zero-order valence-electron chi connectivity index (χ0n) is 9.83. The van der Waals surface area contributed by atoms with Crippen LogP contribution in [-0.2, 0) is 14.8 Å². The molecule has 0 spiro atoms. The van der Waals surface area contributed by atoms with Crippen molar-refractivity contribution >= 4 is 27.3 Å². The number of nitrogens with zero attached hydrogens (tertiary/aromatic N) is 1. The van der Waals surface area contributed by atoms with E-state index in [0.29, 0.717) is 30.4 Å². The van der Waals surface area contributed by atoms with Gasteiger partial charge in [-0.3, -0.25) is 4.79 Å². The fraction of sp³-hybridized carbons (Fsp3) is 0.500. The van der Waals surface area contributed by atoms with Gasteiger partial charge in [0, 0.05) is 0 Å². The molecule has 0 aromatic carbocycles. The molecule has 1 aliphatic heterocycles. The van der Waals surface area contributed by atoms with Gasteiger partial charge in [0.1, 0.15) is 4.21 Å². The Balaban J connectivity index is 2.00. The zero-order chi connectivity index (χ0) is 13.2. The second-order valence-corrected chi connectivity index (χ2v) is 7.34. The van der Waals surface area contributed by atoms with Gasteiger partial charge < -0.3 is 10.6 Å². The van der Waals surface area contributed by atoms with Gasteiger partial charge in [-0.05, 0) is 11.4 Å². The van der Waals surface area contributed by atoms with E-state index in [1.807, 2.05) is 0 Å². The number of quaternary nitrogens is 1. The quantitative estimate of drug-likeness (QED) is 0.681. The number of rotatable bonds is 4. The SMILES string of the molecule is NC(=O)C[NH+]1CCN(S(=O)(=O)c2cccs2)CC1. The van der Waals surface area contributed by atoms with Crippen LogP contribution in [-0.4, -0.2) is 51.4 Å². The fourth-order valence-electron chi connectivity index (χ4n) is 2.00. The van der Waals surface area contributed by atoms with Crippen molar-refractivity contribution in [2.24, 2.45) is 5.73 Å². The number of nitrogens with two attached hydrogens (primary N) is 1. The number of primary amides is 1. The van der Waals surface area contributed by atoms with Gasteiger partial charge in [-0.1, -0.05) is 6.07 Å². The number of nitrogens with one attached hydrogen (secondary N) is 1. The van der Waals surface area contributed by atoms with Crippen molar-refractivity contribution in [2.45, 2.75) is 4.21 Å². The van der Waals surface area contributed by atoms with Gasteiger partial charge in [0.15, 0.2) is 6.54 Å². The molecule has 1 aromatic heterocycles. The van der Waals surface area contributed by atoms with E-state index in [-0.39, 0.29) is 12.5 Å². The molecule has 0 atom stereocenters. The molecule has 100 valence electrons. The molecule has 1 fully saturated rings. The average molecular weight is 290 g/mol. The molecular weight excluding hydrogens is 274 g/mol. The molecule has 1 saturated heterocycles. The molecular formula is C10H16N3O3S2+. The monoisotopic (exact) mass is 290 g/mol. The molecule has 1 aliphatic rings. The first-order chi connectivity index (χ1) is 8.50. The van der Waals surface area contributed by atoms with Gasteiger partial charge >= 0.3 is 0 Å². The van der Waals surface area contributed by atoms with Crippen molar-refractivity contribution in [2.75, 3.05) is 32.7 Å². The van der Waals surface area contributed by atoms with Gasteiger partial charge in [0.2, 0.25) is 0 Å². The van der Waals surface area contributed by atoms with Gasteiger partial charge in [-0.25, -0.2) is 8.42 Å². The molecule has 1 aromatic rings. The predicted octanol–water partition coefficient (Wildman–Crippen LogP) is -1.88. The third-order valence-corrected chi connectivity index (χ3v) is 6.21. The van der Waals surface area contributed by atoms with Crippen molar-refractivity contribution in [1.29, 1.82) is 0 Å². The Hall–Kier alpha value is -0.960. The number of carbonyl (C=O) groups excluding carboxylic acids is 1. The zero-order valence-corrected chi connectivity index (χ0v) is 11.5. The largest absolute Gasteiger partial charge is 0.365 e. The number of carbonyl (C=O) groups is 1. The molecule has 0 radical (unpaired) electrons. The van der Waals surface area contributed by atoms with Crippen LogP contribution in [0.25, 0.3) is 0 Å². The maximum atomic E-state index is 12.2. The highest BCUT2D eigenvalue weighted by Gasteiger charge is 2.31. The maximum Gasteiger partial charge on any atom is 0.272 e. The van der Waals surface area contributed by atoms with Crippen molar-refractivity contribution < 1.29 is 18.1 Å². The van der Waals surface area contributed by atoms with Crippen LogP contribution < -0.4 is 10.6 Å². The Morgan fingerprint density at radius 3 is 2.61 bits per heavy atom. The van der Waals surface area contributed by atoms with Crippen LogP contribution in [0.4, 0.5) is 0 Å². The van der Waals surface area contributed by atoms with E-state index in [1.54, 1.807) is 17.5 Å². The predicted molar refractivity (Wildman–Crippen MR) is 67.8 cm³/mol. The summed E-state index contributed by atoms with van der Waals surface area (Å²) < 4.78 is 26.3. The summed E-state index contributed by atoms with van der Waals surface area (Å²) in [7, 11) is -3.35. The molecule has 18 heavy (non-hydrogen) atoms. The number of hydrogen-bond acceptors (Lipinski definition) is 4. The lowest BCUT2D eigenvalue weighted by Gasteiger charge is -2.30. The summed E-state index contributed by atoms with van der Waals surface area (Å²) in [5.41, 5.74) is 5.13. The Morgan fingerprint density at radius 1 is 1.44 bits per heavy atom. The van der Waals surface area contributed by atoms with Gasteiger partial charge in [0.05, 0.1) is 26.2 Å². The second-order valence-electron chi connectivity index (χ2n) is 4.23. The standard InChI is InChI=1S/C10H15N3O3S2/c11-9(14)8-12-3-5-13(6-4-12)18(15,16)10-2-1-7-17-10/h1-2,7H,3-6,8H2,(H2,11,14)/p+1. The van der Waals surface area contributed by atoms with Crippen molar-refractivity contribution in [3.63, 3.8) is 0 Å². The summed E-state index contributed by atoms with van der Waals surface area (Å²) in [4.78, 5) is 11.8.